The largest absolute Gasteiger partial charge is 0.481 e. The molecular weight excluding hydrogens is 182 g/mol. The third-order valence-corrected chi connectivity index (χ3v) is 3.67. The summed E-state index contributed by atoms with van der Waals surface area (Å²) >= 11 is 0. The first-order chi connectivity index (χ1) is 6.64. The fraction of sp³-hybridized carbons (Fsp3) is 0.800. The molecule has 0 aromatic rings. The van der Waals surface area contributed by atoms with Gasteiger partial charge in [-0.15, -0.1) is 0 Å². The van der Waals surface area contributed by atoms with E-state index < -0.39 is 11.9 Å². The molecule has 1 amide bonds. The van der Waals surface area contributed by atoms with E-state index in [4.69, 9.17) is 5.11 Å². The first-order valence-electron chi connectivity index (χ1n) is 5.20. The van der Waals surface area contributed by atoms with Crippen LogP contribution in [-0.2, 0) is 9.59 Å². The first-order valence-corrected chi connectivity index (χ1v) is 5.20. The Bertz CT molecular complexity index is 317. The minimum absolute atomic E-state index is 0.0265. The lowest BCUT2D eigenvalue weighted by molar-refractivity contribution is -0.147. The number of carbonyl (C=O) groups is 2. The fourth-order valence-corrected chi connectivity index (χ4v) is 2.65. The van der Waals surface area contributed by atoms with Gasteiger partial charge in [0.2, 0.25) is 5.91 Å². The van der Waals surface area contributed by atoms with Gasteiger partial charge in [-0.05, 0) is 32.1 Å². The van der Waals surface area contributed by atoms with Crippen molar-refractivity contribution in [3.63, 3.8) is 0 Å². The van der Waals surface area contributed by atoms with E-state index in [2.05, 4.69) is 0 Å². The van der Waals surface area contributed by atoms with E-state index in [0.29, 0.717) is 12.5 Å². The highest BCUT2D eigenvalue weighted by molar-refractivity contribution is 6.00. The van der Waals surface area contributed by atoms with E-state index in [1.807, 2.05) is 4.90 Å². The van der Waals surface area contributed by atoms with Gasteiger partial charge in [0, 0.05) is 11.6 Å². The van der Waals surface area contributed by atoms with Gasteiger partial charge in [-0.1, -0.05) is 0 Å². The van der Waals surface area contributed by atoms with Gasteiger partial charge in [0.25, 0.3) is 0 Å². The molecule has 0 bridgehead atoms. The molecule has 1 spiro atoms. The molecule has 1 atom stereocenters. The third-order valence-electron chi connectivity index (χ3n) is 3.67. The SMILES string of the molecule is O=C(O)C1CC2(CC2)N(C2CC2)C1=O. The van der Waals surface area contributed by atoms with Gasteiger partial charge in [0.05, 0.1) is 0 Å². The number of amides is 1. The summed E-state index contributed by atoms with van der Waals surface area (Å²) in [4.78, 5) is 24.6. The fourth-order valence-electron chi connectivity index (χ4n) is 2.65. The van der Waals surface area contributed by atoms with E-state index in [0.717, 1.165) is 25.7 Å². The molecule has 3 rings (SSSR count). The maximum atomic E-state index is 11.8. The number of aliphatic carboxylic acids is 1. The summed E-state index contributed by atoms with van der Waals surface area (Å²) in [5.41, 5.74) is -0.0265. The Hall–Kier alpha value is -1.06. The minimum atomic E-state index is -0.940. The number of likely N-dealkylation sites (tertiary alicyclic amines) is 1. The Morgan fingerprint density at radius 2 is 2.07 bits per heavy atom. The summed E-state index contributed by atoms with van der Waals surface area (Å²) in [5, 5.41) is 8.92. The highest BCUT2D eigenvalue weighted by Gasteiger charge is 2.63. The van der Waals surface area contributed by atoms with Crippen molar-refractivity contribution in [1.29, 1.82) is 0 Å². The molecule has 3 aliphatic rings. The van der Waals surface area contributed by atoms with Gasteiger partial charge in [-0.25, -0.2) is 0 Å². The van der Waals surface area contributed by atoms with E-state index in [1.165, 1.54) is 0 Å². The number of carboxylic acid groups (broad SMARTS) is 1. The predicted octanol–water partition coefficient (Wildman–Crippen LogP) is 0.615. The molecule has 1 aliphatic heterocycles. The van der Waals surface area contributed by atoms with Crippen molar-refractivity contribution in [1.82, 2.24) is 4.90 Å². The van der Waals surface area contributed by atoms with Crippen molar-refractivity contribution in [3.8, 4) is 0 Å². The average molecular weight is 195 g/mol. The smallest absolute Gasteiger partial charge is 0.316 e. The molecule has 2 aliphatic carbocycles. The zero-order valence-corrected chi connectivity index (χ0v) is 7.90. The number of carboxylic acids is 1. The van der Waals surface area contributed by atoms with Crippen molar-refractivity contribution >= 4 is 11.9 Å². The lowest BCUT2D eigenvalue weighted by Gasteiger charge is -2.23. The molecule has 14 heavy (non-hydrogen) atoms. The molecular formula is C10H13NO3. The summed E-state index contributed by atoms with van der Waals surface area (Å²) in [7, 11) is 0. The molecule has 0 radical (unpaired) electrons. The zero-order valence-electron chi connectivity index (χ0n) is 7.90. The molecule has 76 valence electrons. The predicted molar refractivity (Wildman–Crippen MR) is 47.6 cm³/mol. The standard InChI is InChI=1S/C10H13NO3/c12-8-7(9(13)14)5-10(3-4-10)11(8)6-1-2-6/h6-7H,1-5H2,(H,13,14). The lowest BCUT2D eigenvalue weighted by atomic mass is 10.0. The molecule has 0 aromatic heterocycles. The molecule has 2 saturated carbocycles. The highest BCUT2D eigenvalue weighted by Crippen LogP contribution is 2.55. The molecule has 1 unspecified atom stereocenters. The third kappa shape index (κ3) is 0.938. The Morgan fingerprint density at radius 1 is 1.43 bits per heavy atom. The quantitative estimate of drug-likeness (QED) is 0.657. The lowest BCUT2D eigenvalue weighted by Crippen LogP contribution is -2.37. The summed E-state index contributed by atoms with van der Waals surface area (Å²) in [6, 6.07) is 0.370. The zero-order chi connectivity index (χ0) is 9.92. The Morgan fingerprint density at radius 3 is 2.50 bits per heavy atom. The molecule has 1 saturated heterocycles. The van der Waals surface area contributed by atoms with Crippen LogP contribution in [0.3, 0.4) is 0 Å². The number of rotatable bonds is 2. The van der Waals surface area contributed by atoms with Crippen LogP contribution in [0.5, 0.6) is 0 Å². The number of hydrogen-bond donors (Lipinski definition) is 1. The Labute approximate surface area is 81.9 Å². The molecule has 1 N–H and O–H groups in total. The molecule has 1 heterocycles. The normalized spacial score (nSPS) is 33.9. The first kappa shape index (κ1) is 8.26. The summed E-state index contributed by atoms with van der Waals surface area (Å²) in [6.45, 7) is 0. The van der Waals surface area contributed by atoms with Crippen molar-refractivity contribution in [2.45, 2.75) is 43.7 Å². The van der Waals surface area contributed by atoms with Crippen LogP contribution in [0.15, 0.2) is 0 Å². The second-order valence-corrected chi connectivity index (χ2v) is 4.76. The van der Waals surface area contributed by atoms with Crippen molar-refractivity contribution in [3.05, 3.63) is 0 Å². The maximum Gasteiger partial charge on any atom is 0.316 e. The topological polar surface area (TPSA) is 57.6 Å². The van der Waals surface area contributed by atoms with Crippen LogP contribution in [0.1, 0.15) is 32.1 Å². The number of nitrogens with zero attached hydrogens (tertiary/aromatic N) is 1. The summed E-state index contributed by atoms with van der Waals surface area (Å²) < 4.78 is 0. The monoisotopic (exact) mass is 195 g/mol. The van der Waals surface area contributed by atoms with Crippen LogP contribution in [0.2, 0.25) is 0 Å². The second kappa shape index (κ2) is 2.30. The van der Waals surface area contributed by atoms with Crippen LogP contribution in [0, 0.1) is 5.92 Å². The van der Waals surface area contributed by atoms with Gasteiger partial charge in [-0.2, -0.15) is 0 Å². The van der Waals surface area contributed by atoms with Gasteiger partial charge in [0.1, 0.15) is 5.92 Å². The molecule has 4 heteroatoms. The van der Waals surface area contributed by atoms with Gasteiger partial charge >= 0.3 is 5.97 Å². The highest BCUT2D eigenvalue weighted by atomic mass is 16.4. The Balaban J connectivity index is 1.89. The molecule has 0 aromatic carbocycles. The van der Waals surface area contributed by atoms with E-state index in [-0.39, 0.29) is 11.4 Å². The molecule has 4 nitrogen and oxygen atoms in total. The summed E-state index contributed by atoms with van der Waals surface area (Å²) in [6.07, 6.45) is 4.72. The van der Waals surface area contributed by atoms with Crippen LogP contribution in [0.4, 0.5) is 0 Å². The maximum absolute atomic E-state index is 11.8. The van der Waals surface area contributed by atoms with E-state index in [9.17, 15) is 9.59 Å². The van der Waals surface area contributed by atoms with Gasteiger partial charge in [-0.3, -0.25) is 9.59 Å². The Kier molecular flexibility index (Phi) is 1.36. The van der Waals surface area contributed by atoms with Crippen LogP contribution < -0.4 is 0 Å². The summed E-state index contributed by atoms with van der Waals surface area (Å²) in [5.74, 6) is -1.82. The van der Waals surface area contributed by atoms with Gasteiger partial charge < -0.3 is 10.0 Å². The second-order valence-electron chi connectivity index (χ2n) is 4.76. The van der Waals surface area contributed by atoms with Gasteiger partial charge in [0.15, 0.2) is 0 Å². The van der Waals surface area contributed by atoms with Crippen molar-refractivity contribution < 1.29 is 14.7 Å². The van der Waals surface area contributed by atoms with E-state index in [1.54, 1.807) is 0 Å². The van der Waals surface area contributed by atoms with Crippen molar-refractivity contribution in [2.24, 2.45) is 5.92 Å². The number of carbonyl (C=O) groups excluding carboxylic acids is 1. The van der Waals surface area contributed by atoms with E-state index >= 15 is 0 Å². The van der Waals surface area contributed by atoms with Crippen LogP contribution in [0.25, 0.3) is 0 Å². The van der Waals surface area contributed by atoms with Crippen LogP contribution in [-0.4, -0.2) is 33.5 Å². The minimum Gasteiger partial charge on any atom is -0.481 e. The molecule has 3 fully saturated rings. The average Bonchev–Trinajstić information content (AvgIpc) is 2.97. The van der Waals surface area contributed by atoms with Crippen LogP contribution >= 0.6 is 0 Å². The number of hydrogen-bond acceptors (Lipinski definition) is 2. The van der Waals surface area contributed by atoms with Crippen molar-refractivity contribution in [2.75, 3.05) is 0 Å².